The summed E-state index contributed by atoms with van der Waals surface area (Å²) in [5, 5.41) is 18.9. The van der Waals surface area contributed by atoms with Crippen LogP contribution in [0.1, 0.15) is 102 Å². The summed E-state index contributed by atoms with van der Waals surface area (Å²) in [6.45, 7) is 2.82. The first kappa shape index (κ1) is 25.6. The number of aliphatic hydroxyl groups excluding tert-OH is 1. The molecule has 0 aliphatic heterocycles. The van der Waals surface area contributed by atoms with Crippen LogP contribution in [-0.4, -0.2) is 28.4 Å². The minimum Gasteiger partial charge on any atom is -0.481 e. The highest BCUT2D eigenvalue weighted by molar-refractivity contribution is 5.66. The molecule has 2 atom stereocenters. The minimum atomic E-state index is -0.722. The fourth-order valence-electron chi connectivity index (χ4n) is 3.63. The van der Waals surface area contributed by atoms with Crippen LogP contribution >= 0.6 is 0 Å². The summed E-state index contributed by atoms with van der Waals surface area (Å²) in [6.07, 6.45) is 13.8. The number of hydrogen-bond acceptors (Lipinski definition) is 3. The molecule has 0 amide bonds. The highest BCUT2D eigenvalue weighted by Crippen LogP contribution is 2.18. The van der Waals surface area contributed by atoms with Crippen LogP contribution in [0.3, 0.4) is 0 Å². The van der Waals surface area contributed by atoms with E-state index in [1.807, 2.05) is 18.2 Å². The van der Waals surface area contributed by atoms with Crippen molar-refractivity contribution in [3.63, 3.8) is 0 Å². The zero-order valence-corrected chi connectivity index (χ0v) is 18.4. The molecule has 166 valence electrons. The number of aliphatic carboxylic acids is 1. The molecule has 0 saturated carbocycles. The van der Waals surface area contributed by atoms with Gasteiger partial charge in [0.2, 0.25) is 0 Å². The lowest BCUT2D eigenvalue weighted by molar-refractivity contribution is -0.137. The van der Waals surface area contributed by atoms with Gasteiger partial charge in [0.25, 0.3) is 0 Å². The normalized spacial score (nSPS) is 13.3. The Morgan fingerprint density at radius 2 is 1.45 bits per heavy atom. The van der Waals surface area contributed by atoms with Gasteiger partial charge in [0.05, 0.1) is 18.8 Å². The number of carboxylic acid groups (broad SMARTS) is 1. The number of benzene rings is 1. The Balaban J connectivity index is 2.22. The zero-order valence-electron chi connectivity index (χ0n) is 18.4. The van der Waals surface area contributed by atoms with Crippen LogP contribution in [0.4, 0.5) is 0 Å². The number of unbranched alkanes of at least 4 members (excludes halogenated alkanes) is 6. The molecule has 29 heavy (non-hydrogen) atoms. The molecule has 0 aliphatic carbocycles. The van der Waals surface area contributed by atoms with E-state index < -0.39 is 5.97 Å². The summed E-state index contributed by atoms with van der Waals surface area (Å²) < 4.78 is 6.14. The van der Waals surface area contributed by atoms with Crippen LogP contribution < -0.4 is 0 Å². The quantitative estimate of drug-likeness (QED) is 0.257. The fraction of sp³-hybridized carbons (Fsp3) is 0.720. The van der Waals surface area contributed by atoms with Gasteiger partial charge < -0.3 is 14.9 Å². The zero-order chi connectivity index (χ0) is 21.2. The topological polar surface area (TPSA) is 66.8 Å². The lowest BCUT2D eigenvalue weighted by Crippen LogP contribution is -2.13. The second-order valence-corrected chi connectivity index (χ2v) is 8.20. The third-order valence-corrected chi connectivity index (χ3v) is 5.45. The van der Waals surface area contributed by atoms with Crippen molar-refractivity contribution in [1.82, 2.24) is 0 Å². The Morgan fingerprint density at radius 1 is 0.862 bits per heavy atom. The standard InChI is InChI=1S/C25H42O4/c1-2-3-4-9-16-23(26)17-10-6-11-18-24(19-12-13-20-25(27)28)29-21-22-14-7-5-8-15-22/h5,7-8,14-15,23-24,26H,2-4,6,9-13,16-21H2,1H3,(H,27,28). The number of carboxylic acids is 1. The Kier molecular flexibility index (Phi) is 15.4. The lowest BCUT2D eigenvalue weighted by Gasteiger charge is -2.18. The summed E-state index contributed by atoms with van der Waals surface area (Å²) in [6, 6.07) is 10.2. The first-order valence-corrected chi connectivity index (χ1v) is 11.7. The van der Waals surface area contributed by atoms with Crippen LogP contribution in [0.25, 0.3) is 0 Å². The molecule has 0 radical (unpaired) electrons. The Hall–Kier alpha value is -1.39. The Bertz CT molecular complexity index is 503. The van der Waals surface area contributed by atoms with Gasteiger partial charge in [-0.1, -0.05) is 88.6 Å². The van der Waals surface area contributed by atoms with E-state index in [0.717, 1.165) is 57.8 Å². The molecule has 1 aromatic carbocycles. The summed E-state index contributed by atoms with van der Waals surface area (Å²) in [4.78, 5) is 10.7. The molecule has 1 rings (SSSR count). The molecular weight excluding hydrogens is 364 g/mol. The van der Waals surface area contributed by atoms with Gasteiger partial charge in [0, 0.05) is 6.42 Å². The molecule has 0 aliphatic rings. The van der Waals surface area contributed by atoms with Crippen LogP contribution in [0, 0.1) is 0 Å². The summed E-state index contributed by atoms with van der Waals surface area (Å²) in [5.41, 5.74) is 1.18. The van der Waals surface area contributed by atoms with Crippen molar-refractivity contribution in [2.24, 2.45) is 0 Å². The minimum absolute atomic E-state index is 0.145. The maximum atomic E-state index is 10.7. The highest BCUT2D eigenvalue weighted by Gasteiger charge is 2.11. The van der Waals surface area contributed by atoms with E-state index in [1.165, 1.54) is 24.8 Å². The van der Waals surface area contributed by atoms with E-state index in [2.05, 4.69) is 19.1 Å². The van der Waals surface area contributed by atoms with Crippen LogP contribution in [0.5, 0.6) is 0 Å². The van der Waals surface area contributed by atoms with Gasteiger partial charge in [-0.2, -0.15) is 0 Å². The average Bonchev–Trinajstić information content (AvgIpc) is 2.72. The summed E-state index contributed by atoms with van der Waals surface area (Å²) >= 11 is 0. The van der Waals surface area contributed by atoms with E-state index in [-0.39, 0.29) is 18.6 Å². The highest BCUT2D eigenvalue weighted by atomic mass is 16.5. The first-order valence-electron chi connectivity index (χ1n) is 11.7. The molecule has 2 unspecified atom stereocenters. The van der Waals surface area contributed by atoms with Crippen molar-refractivity contribution >= 4 is 5.97 Å². The van der Waals surface area contributed by atoms with Crippen LogP contribution in [0.15, 0.2) is 30.3 Å². The molecule has 1 aromatic rings. The maximum Gasteiger partial charge on any atom is 0.303 e. The molecular formula is C25H42O4. The van der Waals surface area contributed by atoms with E-state index in [9.17, 15) is 9.90 Å². The van der Waals surface area contributed by atoms with Gasteiger partial charge >= 0.3 is 5.97 Å². The third-order valence-electron chi connectivity index (χ3n) is 5.45. The number of carbonyl (C=O) groups is 1. The van der Waals surface area contributed by atoms with Gasteiger partial charge in [-0.3, -0.25) is 4.79 Å². The van der Waals surface area contributed by atoms with Crippen molar-refractivity contribution in [2.75, 3.05) is 0 Å². The van der Waals surface area contributed by atoms with Gasteiger partial charge in [-0.15, -0.1) is 0 Å². The Morgan fingerprint density at radius 3 is 2.07 bits per heavy atom. The van der Waals surface area contributed by atoms with Crippen molar-refractivity contribution in [3.8, 4) is 0 Å². The molecule has 2 N–H and O–H groups in total. The largest absolute Gasteiger partial charge is 0.481 e. The average molecular weight is 407 g/mol. The van der Waals surface area contributed by atoms with E-state index in [0.29, 0.717) is 13.0 Å². The second-order valence-electron chi connectivity index (χ2n) is 8.20. The van der Waals surface area contributed by atoms with Crippen LogP contribution in [0.2, 0.25) is 0 Å². The molecule has 0 aromatic heterocycles. The van der Waals surface area contributed by atoms with Gasteiger partial charge in [-0.05, 0) is 37.7 Å². The van der Waals surface area contributed by atoms with Crippen molar-refractivity contribution < 1.29 is 19.7 Å². The number of rotatable bonds is 19. The first-order chi connectivity index (χ1) is 14.1. The Labute approximate surface area is 177 Å². The smallest absolute Gasteiger partial charge is 0.303 e. The molecule has 4 nitrogen and oxygen atoms in total. The molecule has 0 fully saturated rings. The van der Waals surface area contributed by atoms with Crippen molar-refractivity contribution in [1.29, 1.82) is 0 Å². The predicted octanol–water partition coefficient (Wildman–Crippen LogP) is 6.50. The van der Waals surface area contributed by atoms with Gasteiger partial charge in [0.1, 0.15) is 0 Å². The molecule has 4 heteroatoms. The molecule has 0 saturated heterocycles. The monoisotopic (exact) mass is 406 g/mol. The SMILES string of the molecule is CCCCCCC(O)CCCCCC(CCCCC(=O)O)OCc1ccccc1. The number of hydrogen-bond donors (Lipinski definition) is 2. The number of ether oxygens (including phenoxy) is 1. The van der Waals surface area contributed by atoms with Gasteiger partial charge in [-0.25, -0.2) is 0 Å². The lowest BCUT2D eigenvalue weighted by atomic mass is 10.0. The van der Waals surface area contributed by atoms with Crippen molar-refractivity contribution in [3.05, 3.63) is 35.9 Å². The fourth-order valence-corrected chi connectivity index (χ4v) is 3.63. The van der Waals surface area contributed by atoms with Gasteiger partial charge in [0.15, 0.2) is 0 Å². The second kappa shape index (κ2) is 17.5. The van der Waals surface area contributed by atoms with E-state index in [4.69, 9.17) is 9.84 Å². The molecule has 0 bridgehead atoms. The summed E-state index contributed by atoms with van der Waals surface area (Å²) in [5.74, 6) is -0.722. The third kappa shape index (κ3) is 15.2. The number of aliphatic hydroxyl groups is 1. The maximum absolute atomic E-state index is 10.7. The van der Waals surface area contributed by atoms with Crippen molar-refractivity contribution in [2.45, 2.75) is 116 Å². The molecule has 0 spiro atoms. The summed E-state index contributed by atoms with van der Waals surface area (Å²) in [7, 11) is 0. The molecule has 0 heterocycles. The van der Waals surface area contributed by atoms with E-state index in [1.54, 1.807) is 0 Å². The van der Waals surface area contributed by atoms with Crippen LogP contribution in [-0.2, 0) is 16.1 Å². The predicted molar refractivity (Wildman–Crippen MR) is 119 cm³/mol. The van der Waals surface area contributed by atoms with E-state index >= 15 is 0 Å².